The van der Waals surface area contributed by atoms with Crippen molar-refractivity contribution in [2.45, 2.75) is 22.6 Å². The average molecular weight is 460 g/mol. The highest BCUT2D eigenvalue weighted by Crippen LogP contribution is 2.56. The van der Waals surface area contributed by atoms with Crippen molar-refractivity contribution in [3.63, 3.8) is 0 Å². The van der Waals surface area contributed by atoms with Crippen LogP contribution in [0.5, 0.6) is 0 Å². The van der Waals surface area contributed by atoms with E-state index in [2.05, 4.69) is 15.4 Å². The van der Waals surface area contributed by atoms with Crippen molar-refractivity contribution in [1.82, 2.24) is 5.32 Å². The van der Waals surface area contributed by atoms with Gasteiger partial charge in [0.25, 0.3) is 11.8 Å². The quantitative estimate of drug-likeness (QED) is 0.666. The normalized spacial score (nSPS) is 18.9. The van der Waals surface area contributed by atoms with Gasteiger partial charge in [-0.1, -0.05) is 23.4 Å². The molecule has 4 rings (SSSR count). The number of methoxy groups -OCH3 is 1. The molecule has 2 N–H and O–H groups in total. The molecule has 2 aromatic rings. The smallest absolute Gasteiger partial charge is 0.325 e. The Bertz CT molecular complexity index is 1090. The van der Waals surface area contributed by atoms with Gasteiger partial charge in [-0.3, -0.25) is 24.1 Å². The average Bonchev–Trinajstić information content (AvgIpc) is 3.27. The summed E-state index contributed by atoms with van der Waals surface area (Å²) in [6.45, 7) is -0.234. The van der Waals surface area contributed by atoms with Gasteiger partial charge >= 0.3 is 5.97 Å². The highest BCUT2D eigenvalue weighted by atomic mass is 35.5. The molecule has 1 fully saturated rings. The summed E-state index contributed by atoms with van der Waals surface area (Å²) in [5.74, 6) is -1.43. The fourth-order valence-electron chi connectivity index (χ4n) is 3.58. The van der Waals surface area contributed by atoms with Crippen LogP contribution in [0.3, 0.4) is 0 Å². The van der Waals surface area contributed by atoms with Gasteiger partial charge in [-0.2, -0.15) is 0 Å². The Morgan fingerprint density at radius 3 is 2.65 bits per heavy atom. The van der Waals surface area contributed by atoms with Crippen LogP contribution in [0.15, 0.2) is 47.4 Å². The minimum absolute atomic E-state index is 0.124. The summed E-state index contributed by atoms with van der Waals surface area (Å²) < 4.78 is 4.48. The molecule has 0 spiro atoms. The van der Waals surface area contributed by atoms with Gasteiger partial charge in [0.15, 0.2) is 4.87 Å². The Balaban J connectivity index is 1.49. The van der Waals surface area contributed by atoms with Crippen LogP contribution < -0.4 is 15.5 Å². The van der Waals surface area contributed by atoms with Gasteiger partial charge in [0.1, 0.15) is 6.54 Å². The molecule has 2 aliphatic heterocycles. The summed E-state index contributed by atoms with van der Waals surface area (Å²) in [4.78, 5) is 50.3. The molecule has 160 valence electrons. The monoisotopic (exact) mass is 459 g/mol. The van der Waals surface area contributed by atoms with E-state index in [4.69, 9.17) is 11.6 Å². The molecule has 0 saturated carbocycles. The molecule has 0 radical (unpaired) electrons. The molecule has 0 aliphatic carbocycles. The van der Waals surface area contributed by atoms with Crippen molar-refractivity contribution >= 4 is 58.4 Å². The number of esters is 1. The maximum absolute atomic E-state index is 13.3. The summed E-state index contributed by atoms with van der Waals surface area (Å²) in [6.07, 6.45) is 0.647. The lowest BCUT2D eigenvalue weighted by Gasteiger charge is -2.29. The second kappa shape index (κ2) is 8.24. The van der Waals surface area contributed by atoms with E-state index in [0.29, 0.717) is 28.4 Å². The zero-order valence-corrected chi connectivity index (χ0v) is 18.0. The summed E-state index contributed by atoms with van der Waals surface area (Å²) in [7, 11) is 1.24. The van der Waals surface area contributed by atoms with E-state index in [0.717, 1.165) is 4.90 Å². The first-order valence-electron chi connectivity index (χ1n) is 9.42. The zero-order chi connectivity index (χ0) is 22.2. The van der Waals surface area contributed by atoms with E-state index in [1.165, 1.54) is 35.9 Å². The predicted molar refractivity (Wildman–Crippen MR) is 116 cm³/mol. The Hall–Kier alpha value is -3.04. The van der Waals surface area contributed by atoms with Crippen LogP contribution in [0.2, 0.25) is 5.02 Å². The zero-order valence-electron chi connectivity index (χ0n) is 16.4. The number of ether oxygens (including phenoxy) is 1. The standard InChI is InChI=1S/C21H18ClN3O5S/c1-30-18(27)11-23-19(28)12-2-5-14(6-3-12)24-20(29)21-9-8-17(26)25(21)15-10-13(22)4-7-16(15)31-21/h2-7,10H,8-9,11H2,1H3,(H,23,28)(H,24,29)/t21-/m1/s1. The molecule has 2 aromatic carbocycles. The van der Waals surface area contributed by atoms with E-state index in [-0.39, 0.29) is 24.8 Å². The van der Waals surface area contributed by atoms with Gasteiger partial charge < -0.3 is 15.4 Å². The number of carbonyl (C=O) groups excluding carboxylic acids is 4. The number of fused-ring (bicyclic) bond motifs is 3. The third kappa shape index (κ3) is 3.86. The van der Waals surface area contributed by atoms with Crippen molar-refractivity contribution in [3.05, 3.63) is 53.1 Å². The van der Waals surface area contributed by atoms with E-state index >= 15 is 0 Å². The Labute approximate surface area is 187 Å². The summed E-state index contributed by atoms with van der Waals surface area (Å²) in [5.41, 5.74) is 1.46. The summed E-state index contributed by atoms with van der Waals surface area (Å²) in [5, 5.41) is 5.79. The minimum Gasteiger partial charge on any atom is -0.468 e. The minimum atomic E-state index is -1.07. The molecule has 0 aromatic heterocycles. The van der Waals surface area contributed by atoms with Crippen molar-refractivity contribution in [2.24, 2.45) is 0 Å². The molecule has 0 bridgehead atoms. The first-order chi connectivity index (χ1) is 14.8. The molecule has 2 aliphatic rings. The number of rotatable bonds is 5. The summed E-state index contributed by atoms with van der Waals surface area (Å²) in [6, 6.07) is 11.5. The van der Waals surface area contributed by atoms with Crippen LogP contribution >= 0.6 is 23.4 Å². The van der Waals surface area contributed by atoms with Gasteiger partial charge in [-0.25, -0.2) is 0 Å². The van der Waals surface area contributed by atoms with Gasteiger partial charge in [0, 0.05) is 27.6 Å². The second-order valence-corrected chi connectivity index (χ2v) is 8.77. The van der Waals surface area contributed by atoms with Crippen LogP contribution in [0.4, 0.5) is 11.4 Å². The van der Waals surface area contributed by atoms with Gasteiger partial charge in [-0.05, 0) is 48.9 Å². The molecule has 1 saturated heterocycles. The summed E-state index contributed by atoms with van der Waals surface area (Å²) >= 11 is 7.44. The number of nitrogens with one attached hydrogen (secondary N) is 2. The molecule has 8 nitrogen and oxygen atoms in total. The maximum Gasteiger partial charge on any atom is 0.325 e. The number of carbonyl (C=O) groups is 4. The largest absolute Gasteiger partial charge is 0.468 e. The van der Waals surface area contributed by atoms with Crippen molar-refractivity contribution in [3.8, 4) is 0 Å². The second-order valence-electron chi connectivity index (χ2n) is 7.02. The molecule has 0 unspecified atom stereocenters. The molecule has 2 heterocycles. The van der Waals surface area contributed by atoms with Crippen molar-refractivity contribution in [2.75, 3.05) is 23.9 Å². The number of hydrogen-bond acceptors (Lipinski definition) is 6. The van der Waals surface area contributed by atoms with Crippen LogP contribution in [-0.2, 0) is 19.1 Å². The molecule has 1 atom stereocenters. The Kier molecular flexibility index (Phi) is 5.63. The first kappa shape index (κ1) is 21.2. The van der Waals surface area contributed by atoms with Crippen LogP contribution in [0, 0.1) is 0 Å². The topological polar surface area (TPSA) is 105 Å². The van der Waals surface area contributed by atoms with E-state index in [9.17, 15) is 19.2 Å². The number of halogens is 1. The van der Waals surface area contributed by atoms with Crippen molar-refractivity contribution < 1.29 is 23.9 Å². The molecule has 31 heavy (non-hydrogen) atoms. The fourth-order valence-corrected chi connectivity index (χ4v) is 5.14. The van der Waals surface area contributed by atoms with E-state index < -0.39 is 16.7 Å². The van der Waals surface area contributed by atoms with E-state index in [1.807, 2.05) is 6.07 Å². The van der Waals surface area contributed by atoms with Gasteiger partial charge in [0.05, 0.1) is 12.8 Å². The molecule has 3 amide bonds. The number of benzene rings is 2. The third-order valence-electron chi connectivity index (χ3n) is 5.11. The Morgan fingerprint density at radius 1 is 1.19 bits per heavy atom. The first-order valence-corrected chi connectivity index (χ1v) is 10.6. The van der Waals surface area contributed by atoms with E-state index in [1.54, 1.807) is 24.3 Å². The SMILES string of the molecule is COC(=O)CNC(=O)c1ccc(NC(=O)[C@]23CCC(=O)N2c2cc(Cl)ccc2S3)cc1. The third-order valence-corrected chi connectivity index (χ3v) is 6.82. The number of nitrogens with zero attached hydrogens (tertiary/aromatic N) is 1. The van der Waals surface area contributed by atoms with Gasteiger partial charge in [-0.15, -0.1) is 0 Å². The predicted octanol–water partition coefficient (Wildman–Crippen LogP) is 2.81. The Morgan fingerprint density at radius 2 is 1.94 bits per heavy atom. The lowest BCUT2D eigenvalue weighted by molar-refractivity contribution is -0.139. The lowest BCUT2D eigenvalue weighted by Crippen LogP contribution is -2.49. The lowest BCUT2D eigenvalue weighted by atomic mass is 10.1. The van der Waals surface area contributed by atoms with Crippen LogP contribution in [-0.4, -0.2) is 42.2 Å². The number of amides is 3. The maximum atomic E-state index is 13.3. The number of thioether (sulfide) groups is 1. The fraction of sp³-hybridized carbons (Fsp3) is 0.238. The van der Waals surface area contributed by atoms with Gasteiger partial charge in [0.2, 0.25) is 5.91 Å². The number of anilines is 2. The highest BCUT2D eigenvalue weighted by molar-refractivity contribution is 8.02. The number of hydrogen-bond donors (Lipinski definition) is 2. The molecular weight excluding hydrogens is 442 g/mol. The molecular formula is C21H18ClN3O5S. The van der Waals surface area contributed by atoms with Crippen LogP contribution in [0.1, 0.15) is 23.2 Å². The molecule has 10 heteroatoms. The van der Waals surface area contributed by atoms with Crippen LogP contribution in [0.25, 0.3) is 0 Å². The van der Waals surface area contributed by atoms with Crippen molar-refractivity contribution in [1.29, 1.82) is 0 Å². The highest BCUT2D eigenvalue weighted by Gasteiger charge is 2.57.